The number of carbonyl (C=O) groups is 1. The normalized spacial score (nSPS) is 12.1. The Morgan fingerprint density at radius 1 is 0.321 bits per heavy atom. The van der Waals surface area contributed by atoms with Gasteiger partial charge in [-0.2, -0.15) is 0 Å². The Balaban J connectivity index is 0. The van der Waals surface area contributed by atoms with E-state index in [9.17, 15) is 9.90 Å². The van der Waals surface area contributed by atoms with E-state index in [4.69, 9.17) is 0 Å². The Morgan fingerprint density at radius 2 is 0.500 bits per heavy atom. The molecule has 0 spiro atoms. The Hall–Kier alpha value is 0.0274. The van der Waals surface area contributed by atoms with Gasteiger partial charge in [0.15, 0.2) is 0 Å². The molecule has 56 heavy (non-hydrogen) atoms. The molecule has 0 heterocycles. The summed E-state index contributed by atoms with van der Waals surface area (Å²) in [5.74, 6) is -0.847. The molecule has 0 radical (unpaired) electrons. The van der Waals surface area contributed by atoms with Gasteiger partial charge in [-0.15, -0.1) is 0 Å². The summed E-state index contributed by atoms with van der Waals surface area (Å²) in [6.45, 7) is 8.63. The van der Waals surface area contributed by atoms with Crippen LogP contribution in [0.4, 0.5) is 0 Å². The first kappa shape index (κ1) is 58.1. The van der Waals surface area contributed by atoms with Crippen molar-refractivity contribution in [3.63, 3.8) is 0 Å². The zero-order valence-corrected chi connectivity index (χ0v) is 39.6. The maximum Gasteiger partial charge on any atom is 1.00 e. The molecule has 4 heteroatoms. The van der Waals surface area contributed by atoms with Gasteiger partial charge >= 0.3 is 18.9 Å². The van der Waals surface area contributed by atoms with Crippen molar-refractivity contribution in [1.29, 1.82) is 0 Å². The molecular formula is C52H104LiNO2. The van der Waals surface area contributed by atoms with E-state index in [1.165, 1.54) is 257 Å². The fourth-order valence-corrected chi connectivity index (χ4v) is 8.76. The summed E-state index contributed by atoms with van der Waals surface area (Å²) < 4.78 is 0. The second-order valence-corrected chi connectivity index (χ2v) is 18.2. The molecule has 0 aromatic heterocycles. The van der Waals surface area contributed by atoms with E-state index in [0.29, 0.717) is 0 Å². The number of hydrogen-bond donors (Lipinski definition) is 0. The number of nitrogens with zero attached hydrogens (tertiary/aromatic N) is 1. The van der Waals surface area contributed by atoms with E-state index in [-0.39, 0.29) is 18.9 Å². The first-order chi connectivity index (χ1) is 27.2. The summed E-state index contributed by atoms with van der Waals surface area (Å²) in [6.07, 6.45) is 61.6. The van der Waals surface area contributed by atoms with Crippen LogP contribution in [0, 0.1) is 0 Å². The Kier molecular flexibility index (Phi) is 53.1. The number of carboxylic acid groups (broad SMARTS) is 1. The van der Waals surface area contributed by atoms with Crippen LogP contribution in [0.1, 0.15) is 310 Å². The predicted octanol–water partition coefficient (Wildman–Crippen LogP) is 14.0. The molecule has 1 atom stereocenters. The van der Waals surface area contributed by atoms with Crippen molar-refractivity contribution < 1.29 is 28.8 Å². The maximum atomic E-state index is 12.1. The fraction of sp³-hybridized carbons (Fsp3) is 0.981. The minimum Gasteiger partial charge on any atom is -0.548 e. The van der Waals surface area contributed by atoms with Crippen molar-refractivity contribution >= 4 is 5.97 Å². The molecule has 0 aromatic carbocycles. The summed E-state index contributed by atoms with van der Waals surface area (Å²) in [4.78, 5) is 14.4. The van der Waals surface area contributed by atoms with Gasteiger partial charge in [-0.1, -0.05) is 290 Å². The monoisotopic (exact) mass is 782 g/mol. The van der Waals surface area contributed by atoms with Crippen LogP contribution in [0.5, 0.6) is 0 Å². The van der Waals surface area contributed by atoms with E-state index in [1.54, 1.807) is 0 Å². The van der Waals surface area contributed by atoms with Gasteiger partial charge in [0.05, 0.1) is 5.97 Å². The quantitative estimate of drug-likeness (QED) is 0.0456. The molecular weight excluding hydrogens is 678 g/mol. The van der Waals surface area contributed by atoms with Gasteiger partial charge in [-0.25, -0.2) is 0 Å². The Morgan fingerprint density at radius 3 is 0.679 bits per heavy atom. The fourth-order valence-electron chi connectivity index (χ4n) is 8.76. The smallest absolute Gasteiger partial charge is 0.548 e. The zero-order chi connectivity index (χ0) is 40.0. The van der Waals surface area contributed by atoms with E-state index in [0.717, 1.165) is 45.2 Å². The third kappa shape index (κ3) is 45.1. The molecule has 0 fully saturated rings. The molecule has 0 rings (SSSR count). The van der Waals surface area contributed by atoms with Gasteiger partial charge < -0.3 is 9.90 Å². The van der Waals surface area contributed by atoms with Crippen LogP contribution in [0.25, 0.3) is 0 Å². The Bertz CT molecular complexity index is 671. The van der Waals surface area contributed by atoms with Crippen LogP contribution < -0.4 is 24.0 Å². The summed E-state index contributed by atoms with van der Waals surface area (Å²) in [5, 5.41) is 12.1. The number of hydrogen-bond acceptors (Lipinski definition) is 3. The molecule has 0 saturated carbocycles. The molecule has 0 amide bonds. The van der Waals surface area contributed by atoms with Crippen LogP contribution in [-0.2, 0) is 4.79 Å². The number of carbonyl (C=O) groups excluding carboxylic acids is 1. The van der Waals surface area contributed by atoms with E-state index in [2.05, 4.69) is 25.7 Å². The SMILES string of the molecule is CCCCCCCCCCCCCCCCCCCCCCCN(CCCCCCCCCCCCCCCCCCCCCCC)C(CCCC)C(=O)[O-].[Li+]. The number of carboxylic acids is 1. The second-order valence-electron chi connectivity index (χ2n) is 18.2. The van der Waals surface area contributed by atoms with Gasteiger partial charge in [-0.3, -0.25) is 4.90 Å². The van der Waals surface area contributed by atoms with Crippen LogP contribution in [0.2, 0.25) is 0 Å². The first-order valence-electron chi connectivity index (χ1n) is 26.1. The minimum atomic E-state index is -0.847. The molecule has 0 aromatic rings. The largest absolute Gasteiger partial charge is 1.00 e. The van der Waals surface area contributed by atoms with Crippen molar-refractivity contribution in [2.45, 2.75) is 316 Å². The minimum absolute atomic E-state index is 0. The van der Waals surface area contributed by atoms with E-state index >= 15 is 0 Å². The average Bonchev–Trinajstić information content (AvgIpc) is 3.18. The molecule has 0 bridgehead atoms. The summed E-state index contributed by atoms with van der Waals surface area (Å²) in [6, 6.07) is -0.393. The van der Waals surface area contributed by atoms with Crippen molar-refractivity contribution in [2.24, 2.45) is 0 Å². The Labute approximate surface area is 366 Å². The summed E-state index contributed by atoms with van der Waals surface area (Å²) in [7, 11) is 0. The topological polar surface area (TPSA) is 43.4 Å². The molecule has 3 nitrogen and oxygen atoms in total. The second kappa shape index (κ2) is 51.2. The third-order valence-corrected chi connectivity index (χ3v) is 12.6. The number of aliphatic carboxylic acids is 1. The molecule has 0 aliphatic rings. The van der Waals surface area contributed by atoms with Crippen molar-refractivity contribution in [3.8, 4) is 0 Å². The zero-order valence-electron chi connectivity index (χ0n) is 39.6. The third-order valence-electron chi connectivity index (χ3n) is 12.6. The van der Waals surface area contributed by atoms with Gasteiger partial charge in [0.25, 0.3) is 0 Å². The van der Waals surface area contributed by atoms with Gasteiger partial charge in [0, 0.05) is 6.04 Å². The van der Waals surface area contributed by atoms with Gasteiger partial charge in [0.1, 0.15) is 0 Å². The average molecular weight is 782 g/mol. The van der Waals surface area contributed by atoms with E-state index in [1.807, 2.05) is 0 Å². The van der Waals surface area contributed by atoms with Crippen LogP contribution >= 0.6 is 0 Å². The first-order valence-corrected chi connectivity index (χ1v) is 26.1. The summed E-state index contributed by atoms with van der Waals surface area (Å²) in [5.41, 5.74) is 0. The maximum absolute atomic E-state index is 12.1. The van der Waals surface area contributed by atoms with Crippen LogP contribution in [0.15, 0.2) is 0 Å². The van der Waals surface area contributed by atoms with E-state index < -0.39 is 12.0 Å². The molecule has 0 aliphatic carbocycles. The number of rotatable bonds is 49. The molecule has 0 N–H and O–H groups in total. The van der Waals surface area contributed by atoms with Crippen molar-refractivity contribution in [3.05, 3.63) is 0 Å². The standard InChI is InChI=1S/C52H105NO2.Li/c1-4-7-10-12-14-16-18-20-22-24-26-28-30-32-34-36-38-40-42-44-46-49-53(51(52(54)55)48-9-6-3)50-47-45-43-41-39-37-35-33-31-29-27-25-23-21-19-17-15-13-11-8-5-2;/h51H,4-50H2,1-3H3,(H,54,55);/q;+1/p-1. The van der Waals surface area contributed by atoms with Crippen molar-refractivity contribution in [2.75, 3.05) is 13.1 Å². The van der Waals surface area contributed by atoms with Crippen molar-refractivity contribution in [1.82, 2.24) is 4.90 Å². The molecule has 0 saturated heterocycles. The molecule has 330 valence electrons. The molecule has 1 unspecified atom stereocenters. The van der Waals surface area contributed by atoms with Crippen LogP contribution in [-0.4, -0.2) is 30.0 Å². The number of unbranched alkanes of at least 4 members (excludes halogenated alkanes) is 41. The summed E-state index contributed by atoms with van der Waals surface area (Å²) >= 11 is 0. The van der Waals surface area contributed by atoms with Gasteiger partial charge in [-0.05, 0) is 32.4 Å². The van der Waals surface area contributed by atoms with Crippen LogP contribution in [0.3, 0.4) is 0 Å². The predicted molar refractivity (Wildman–Crippen MR) is 245 cm³/mol. The molecule has 0 aliphatic heterocycles. The van der Waals surface area contributed by atoms with Gasteiger partial charge in [0.2, 0.25) is 0 Å².